The van der Waals surface area contributed by atoms with Gasteiger partial charge in [0.15, 0.2) is 0 Å². The SMILES string of the molecule is CCNCc1ccc(-c2cc3cccc(C)c3o2)c(Cl)c1. The van der Waals surface area contributed by atoms with Gasteiger partial charge in [0.1, 0.15) is 11.3 Å². The van der Waals surface area contributed by atoms with Crippen LogP contribution in [0.25, 0.3) is 22.3 Å². The average Bonchev–Trinajstić information content (AvgIpc) is 2.90. The van der Waals surface area contributed by atoms with Crippen molar-refractivity contribution < 1.29 is 4.42 Å². The van der Waals surface area contributed by atoms with Crippen molar-refractivity contribution >= 4 is 22.6 Å². The molecule has 0 fully saturated rings. The van der Waals surface area contributed by atoms with E-state index in [-0.39, 0.29) is 0 Å². The molecule has 2 aromatic carbocycles. The van der Waals surface area contributed by atoms with E-state index in [1.54, 1.807) is 0 Å². The van der Waals surface area contributed by atoms with Crippen molar-refractivity contribution in [2.24, 2.45) is 0 Å². The van der Waals surface area contributed by atoms with Gasteiger partial charge in [0.05, 0.1) is 5.02 Å². The number of para-hydroxylation sites is 1. The number of benzene rings is 2. The van der Waals surface area contributed by atoms with Crippen molar-refractivity contribution in [3.63, 3.8) is 0 Å². The van der Waals surface area contributed by atoms with Crippen LogP contribution >= 0.6 is 11.6 Å². The quantitative estimate of drug-likeness (QED) is 0.719. The number of hydrogen-bond acceptors (Lipinski definition) is 2. The van der Waals surface area contributed by atoms with Crippen LogP contribution in [0.3, 0.4) is 0 Å². The molecule has 0 spiro atoms. The van der Waals surface area contributed by atoms with Crippen molar-refractivity contribution in [1.82, 2.24) is 5.32 Å². The van der Waals surface area contributed by atoms with Crippen molar-refractivity contribution in [3.8, 4) is 11.3 Å². The van der Waals surface area contributed by atoms with Crippen molar-refractivity contribution in [3.05, 3.63) is 58.6 Å². The number of halogens is 1. The monoisotopic (exact) mass is 299 g/mol. The molecule has 0 bridgehead atoms. The summed E-state index contributed by atoms with van der Waals surface area (Å²) >= 11 is 6.42. The first-order valence-electron chi connectivity index (χ1n) is 7.17. The van der Waals surface area contributed by atoms with Gasteiger partial charge in [-0.05, 0) is 42.8 Å². The molecule has 0 aliphatic heterocycles. The molecule has 0 unspecified atom stereocenters. The van der Waals surface area contributed by atoms with Crippen LogP contribution in [0.4, 0.5) is 0 Å². The second kappa shape index (κ2) is 5.92. The summed E-state index contributed by atoms with van der Waals surface area (Å²) in [5.74, 6) is 0.819. The molecule has 0 saturated carbocycles. The Morgan fingerprint density at radius 3 is 2.71 bits per heavy atom. The number of hydrogen-bond donors (Lipinski definition) is 1. The Morgan fingerprint density at radius 2 is 2.00 bits per heavy atom. The molecule has 1 heterocycles. The largest absolute Gasteiger partial charge is 0.456 e. The van der Waals surface area contributed by atoms with Crippen molar-refractivity contribution in [2.45, 2.75) is 20.4 Å². The molecule has 108 valence electrons. The highest BCUT2D eigenvalue weighted by molar-refractivity contribution is 6.33. The van der Waals surface area contributed by atoms with E-state index in [2.05, 4.69) is 37.4 Å². The minimum absolute atomic E-state index is 0.724. The van der Waals surface area contributed by atoms with Crippen LogP contribution in [0.15, 0.2) is 46.9 Å². The summed E-state index contributed by atoms with van der Waals surface area (Å²) in [6.45, 7) is 5.92. The highest BCUT2D eigenvalue weighted by atomic mass is 35.5. The summed E-state index contributed by atoms with van der Waals surface area (Å²) < 4.78 is 5.99. The second-order valence-corrected chi connectivity index (χ2v) is 5.61. The third-order valence-corrected chi connectivity index (χ3v) is 3.93. The summed E-state index contributed by atoms with van der Waals surface area (Å²) in [6, 6.07) is 14.3. The lowest BCUT2D eigenvalue weighted by molar-refractivity contribution is 0.629. The Bertz CT molecular complexity index is 776. The first-order valence-corrected chi connectivity index (χ1v) is 7.55. The summed E-state index contributed by atoms with van der Waals surface area (Å²) in [5, 5.41) is 5.13. The zero-order chi connectivity index (χ0) is 14.8. The predicted octanol–water partition coefficient (Wildman–Crippen LogP) is 5.17. The zero-order valence-electron chi connectivity index (χ0n) is 12.2. The lowest BCUT2D eigenvalue weighted by Gasteiger charge is -2.05. The fraction of sp³-hybridized carbons (Fsp3) is 0.222. The third-order valence-electron chi connectivity index (χ3n) is 3.62. The average molecular weight is 300 g/mol. The fourth-order valence-corrected chi connectivity index (χ4v) is 2.78. The second-order valence-electron chi connectivity index (χ2n) is 5.20. The molecule has 3 aromatic rings. The molecule has 2 nitrogen and oxygen atoms in total. The molecule has 0 aliphatic carbocycles. The van der Waals surface area contributed by atoms with Crippen LogP contribution in [0, 0.1) is 6.92 Å². The molecule has 3 heteroatoms. The Labute approximate surface area is 129 Å². The van der Waals surface area contributed by atoms with E-state index in [1.807, 2.05) is 24.3 Å². The van der Waals surface area contributed by atoms with E-state index < -0.39 is 0 Å². The standard InChI is InChI=1S/C18H18ClNO/c1-3-20-11-13-7-8-15(16(19)9-13)17-10-14-6-4-5-12(2)18(14)21-17/h4-10,20H,3,11H2,1-2H3. The van der Waals surface area contributed by atoms with Crippen LogP contribution in [0.1, 0.15) is 18.1 Å². The Balaban J connectivity index is 2.00. The molecular weight excluding hydrogens is 282 g/mol. The van der Waals surface area contributed by atoms with Crippen LogP contribution in [-0.2, 0) is 6.54 Å². The minimum atomic E-state index is 0.724. The molecule has 0 radical (unpaired) electrons. The van der Waals surface area contributed by atoms with Gasteiger partial charge < -0.3 is 9.73 Å². The molecule has 3 rings (SSSR count). The Hall–Kier alpha value is -1.77. The summed E-state index contributed by atoms with van der Waals surface area (Å²) in [6.07, 6.45) is 0. The van der Waals surface area contributed by atoms with E-state index in [0.29, 0.717) is 0 Å². The normalized spacial score (nSPS) is 11.2. The highest BCUT2D eigenvalue weighted by Crippen LogP contribution is 2.34. The summed E-state index contributed by atoms with van der Waals surface area (Å²) in [5.41, 5.74) is 4.18. The number of nitrogens with one attached hydrogen (secondary N) is 1. The van der Waals surface area contributed by atoms with Gasteiger partial charge in [0.2, 0.25) is 0 Å². The maximum Gasteiger partial charge on any atom is 0.137 e. The molecule has 0 atom stereocenters. The van der Waals surface area contributed by atoms with E-state index in [4.69, 9.17) is 16.0 Å². The van der Waals surface area contributed by atoms with Gasteiger partial charge in [-0.25, -0.2) is 0 Å². The van der Waals surface area contributed by atoms with Gasteiger partial charge in [0.25, 0.3) is 0 Å². The van der Waals surface area contributed by atoms with Gasteiger partial charge in [-0.1, -0.05) is 42.8 Å². The smallest absolute Gasteiger partial charge is 0.137 e. The maximum absolute atomic E-state index is 6.42. The van der Waals surface area contributed by atoms with E-state index in [0.717, 1.165) is 46.0 Å². The predicted molar refractivity (Wildman–Crippen MR) is 88.8 cm³/mol. The van der Waals surface area contributed by atoms with Gasteiger partial charge >= 0.3 is 0 Å². The highest BCUT2D eigenvalue weighted by Gasteiger charge is 2.11. The molecule has 1 N–H and O–H groups in total. The first kappa shape index (κ1) is 14.2. The lowest BCUT2D eigenvalue weighted by Crippen LogP contribution is -2.11. The summed E-state index contributed by atoms with van der Waals surface area (Å²) in [4.78, 5) is 0. The number of furan rings is 1. The van der Waals surface area contributed by atoms with Crippen LogP contribution in [-0.4, -0.2) is 6.54 Å². The zero-order valence-corrected chi connectivity index (χ0v) is 13.0. The topological polar surface area (TPSA) is 25.2 Å². The van der Waals surface area contributed by atoms with Gasteiger partial charge in [0, 0.05) is 17.5 Å². The van der Waals surface area contributed by atoms with E-state index >= 15 is 0 Å². The molecule has 0 saturated heterocycles. The van der Waals surface area contributed by atoms with Crippen LogP contribution in [0.5, 0.6) is 0 Å². The maximum atomic E-state index is 6.42. The molecule has 0 aliphatic rings. The third kappa shape index (κ3) is 2.82. The number of aryl methyl sites for hydroxylation is 1. The van der Waals surface area contributed by atoms with Gasteiger partial charge in [-0.15, -0.1) is 0 Å². The fourth-order valence-electron chi connectivity index (χ4n) is 2.48. The Morgan fingerprint density at radius 1 is 1.14 bits per heavy atom. The lowest BCUT2D eigenvalue weighted by atomic mass is 10.1. The molecular formula is C18H18ClNO. The van der Waals surface area contributed by atoms with E-state index in [9.17, 15) is 0 Å². The molecule has 21 heavy (non-hydrogen) atoms. The van der Waals surface area contributed by atoms with Crippen molar-refractivity contribution in [1.29, 1.82) is 0 Å². The Kier molecular flexibility index (Phi) is 4.00. The number of fused-ring (bicyclic) bond motifs is 1. The van der Waals surface area contributed by atoms with Gasteiger partial charge in [-0.2, -0.15) is 0 Å². The molecule has 0 amide bonds. The summed E-state index contributed by atoms with van der Waals surface area (Å²) in [7, 11) is 0. The number of rotatable bonds is 4. The van der Waals surface area contributed by atoms with E-state index in [1.165, 1.54) is 5.56 Å². The minimum Gasteiger partial charge on any atom is -0.456 e. The van der Waals surface area contributed by atoms with Gasteiger partial charge in [-0.3, -0.25) is 0 Å². The van der Waals surface area contributed by atoms with Crippen LogP contribution < -0.4 is 5.32 Å². The molecule has 1 aromatic heterocycles. The van der Waals surface area contributed by atoms with Crippen LogP contribution in [0.2, 0.25) is 5.02 Å². The van der Waals surface area contributed by atoms with Crippen molar-refractivity contribution in [2.75, 3.05) is 6.54 Å². The first-order chi connectivity index (χ1) is 10.2.